The van der Waals surface area contributed by atoms with Crippen molar-refractivity contribution in [1.82, 2.24) is 0 Å². The molecule has 1 aliphatic heterocycles. The van der Waals surface area contributed by atoms with E-state index < -0.39 is 0 Å². The molecule has 62 valence electrons. The first-order chi connectivity index (χ1) is 5.15. The van der Waals surface area contributed by atoms with Crippen molar-refractivity contribution in [3.8, 4) is 0 Å². The van der Waals surface area contributed by atoms with Crippen molar-refractivity contribution in [3.63, 3.8) is 0 Å². The predicted molar refractivity (Wildman–Crippen MR) is 48.2 cm³/mol. The van der Waals surface area contributed by atoms with Crippen LogP contribution in [0.3, 0.4) is 0 Å². The molecular formula is C6H8BrNO2S. The van der Waals surface area contributed by atoms with E-state index in [1.54, 1.807) is 0 Å². The minimum absolute atomic E-state index is 0.219. The lowest BCUT2D eigenvalue weighted by Gasteiger charge is -1.99. The fourth-order valence-corrected chi connectivity index (χ4v) is 2.63. The number of halogens is 1. The molecule has 0 aliphatic carbocycles. The number of hydrogen-bond donors (Lipinski definition) is 1. The van der Waals surface area contributed by atoms with Crippen molar-refractivity contribution >= 4 is 33.7 Å². The molecule has 0 amide bonds. The molecule has 0 saturated heterocycles. The lowest BCUT2D eigenvalue weighted by Crippen LogP contribution is -2.06. The van der Waals surface area contributed by atoms with Crippen molar-refractivity contribution in [2.24, 2.45) is 5.73 Å². The molecule has 0 bridgehead atoms. The normalized spacial score (nSPS) is 24.0. The second-order valence-corrected chi connectivity index (χ2v) is 5.00. The quantitative estimate of drug-likeness (QED) is 0.550. The lowest BCUT2D eigenvalue weighted by atomic mass is 10.3. The average Bonchev–Trinajstić information content (AvgIpc) is 2.28. The Kier molecular flexibility index (Phi) is 2.84. The molecule has 1 unspecified atom stereocenters. The number of methoxy groups -OCH3 is 1. The van der Waals surface area contributed by atoms with Crippen LogP contribution in [0.2, 0.25) is 0 Å². The molecule has 0 spiro atoms. The number of esters is 1. The predicted octanol–water partition coefficient (Wildman–Crippen LogP) is 1.19. The van der Waals surface area contributed by atoms with E-state index in [9.17, 15) is 4.79 Å². The van der Waals surface area contributed by atoms with E-state index >= 15 is 0 Å². The zero-order valence-electron chi connectivity index (χ0n) is 5.96. The molecule has 0 aromatic carbocycles. The van der Waals surface area contributed by atoms with Gasteiger partial charge in [0.05, 0.1) is 11.3 Å². The molecule has 3 nitrogen and oxygen atoms in total. The van der Waals surface area contributed by atoms with Crippen LogP contribution >= 0.6 is 27.7 Å². The number of ether oxygens (including phenoxy) is 1. The number of carbonyl (C=O) groups excluding carboxylic acids is 1. The maximum absolute atomic E-state index is 11.0. The van der Waals surface area contributed by atoms with Gasteiger partial charge in [-0.25, -0.2) is 4.79 Å². The molecule has 0 fully saturated rings. The summed E-state index contributed by atoms with van der Waals surface area (Å²) in [6.07, 6.45) is 0.703. The summed E-state index contributed by atoms with van der Waals surface area (Å²) in [5.74, 6) is -0.338. The Morgan fingerprint density at radius 2 is 2.55 bits per heavy atom. The maximum Gasteiger partial charge on any atom is 0.346 e. The van der Waals surface area contributed by atoms with Gasteiger partial charge in [0.25, 0.3) is 0 Å². The van der Waals surface area contributed by atoms with Gasteiger partial charge in [0.2, 0.25) is 0 Å². The molecule has 1 rings (SSSR count). The zero-order valence-corrected chi connectivity index (χ0v) is 8.37. The molecule has 1 aliphatic rings. The van der Waals surface area contributed by atoms with E-state index in [0.29, 0.717) is 17.0 Å². The Labute approximate surface area is 77.5 Å². The average molecular weight is 238 g/mol. The highest BCUT2D eigenvalue weighted by atomic mass is 79.9. The summed E-state index contributed by atoms with van der Waals surface area (Å²) >= 11 is 4.75. The molecule has 11 heavy (non-hydrogen) atoms. The monoisotopic (exact) mass is 237 g/mol. The molecule has 0 aromatic rings. The first-order valence-corrected chi connectivity index (χ1v) is 4.82. The number of allylic oxidation sites excluding steroid dienone is 1. The Morgan fingerprint density at radius 1 is 1.91 bits per heavy atom. The molecule has 2 N–H and O–H groups in total. The van der Waals surface area contributed by atoms with Crippen LogP contribution in [0.15, 0.2) is 10.6 Å². The van der Waals surface area contributed by atoms with E-state index in [0.717, 1.165) is 0 Å². The van der Waals surface area contributed by atoms with Crippen LogP contribution in [0.4, 0.5) is 0 Å². The molecule has 1 atom stereocenters. The molecule has 1 heterocycles. The van der Waals surface area contributed by atoms with Crippen molar-refractivity contribution in [3.05, 3.63) is 10.6 Å². The van der Waals surface area contributed by atoms with E-state index in [4.69, 9.17) is 5.73 Å². The van der Waals surface area contributed by atoms with Crippen LogP contribution in [-0.4, -0.2) is 17.2 Å². The third kappa shape index (κ3) is 1.90. The molecular weight excluding hydrogens is 230 g/mol. The second-order valence-electron chi connectivity index (χ2n) is 2.08. The van der Waals surface area contributed by atoms with Crippen molar-refractivity contribution < 1.29 is 9.53 Å². The highest BCUT2D eigenvalue weighted by Gasteiger charge is 2.26. The number of thioether (sulfide) groups is 1. The van der Waals surface area contributed by atoms with E-state index in [2.05, 4.69) is 20.7 Å². The first-order valence-electron chi connectivity index (χ1n) is 3.03. The van der Waals surface area contributed by atoms with Crippen molar-refractivity contribution in [1.29, 1.82) is 0 Å². The standard InChI is InChI=1S/C6H8BrNO2S/c1-10-6(9)5-3(8)2-4(7)11-5/h4H,2,8H2,1H3. The summed E-state index contributed by atoms with van der Waals surface area (Å²) in [6.45, 7) is 0. The molecule has 0 saturated carbocycles. The van der Waals surface area contributed by atoms with E-state index in [1.165, 1.54) is 18.9 Å². The summed E-state index contributed by atoms with van der Waals surface area (Å²) in [6, 6.07) is 0. The minimum atomic E-state index is -0.338. The van der Waals surface area contributed by atoms with E-state index in [1.807, 2.05) is 0 Å². The van der Waals surface area contributed by atoms with Gasteiger partial charge in [-0.15, -0.1) is 11.8 Å². The summed E-state index contributed by atoms with van der Waals surface area (Å²) in [4.78, 5) is 11.5. The van der Waals surface area contributed by atoms with Gasteiger partial charge in [-0.1, -0.05) is 15.9 Å². The third-order valence-electron chi connectivity index (χ3n) is 1.29. The van der Waals surface area contributed by atoms with Crippen LogP contribution in [0.25, 0.3) is 0 Å². The Bertz CT molecular complexity index is 217. The molecule has 0 radical (unpaired) electrons. The van der Waals surface area contributed by atoms with Crippen LogP contribution < -0.4 is 5.73 Å². The number of hydrogen-bond acceptors (Lipinski definition) is 4. The summed E-state index contributed by atoms with van der Waals surface area (Å²) in [5, 5.41) is 0. The Balaban J connectivity index is 2.72. The van der Waals surface area contributed by atoms with Gasteiger partial charge < -0.3 is 10.5 Å². The zero-order chi connectivity index (χ0) is 8.43. The van der Waals surface area contributed by atoms with Gasteiger partial charge in [0.15, 0.2) is 0 Å². The second kappa shape index (κ2) is 3.49. The van der Waals surface area contributed by atoms with E-state index in [-0.39, 0.29) is 10.1 Å². The van der Waals surface area contributed by atoms with Gasteiger partial charge in [-0.05, 0) is 0 Å². The van der Waals surface area contributed by atoms with Crippen molar-refractivity contribution in [2.45, 2.75) is 10.6 Å². The summed E-state index contributed by atoms with van der Waals surface area (Å²) in [5.41, 5.74) is 6.19. The van der Waals surface area contributed by atoms with Crippen LogP contribution in [0.5, 0.6) is 0 Å². The minimum Gasteiger partial charge on any atom is -0.465 e. The largest absolute Gasteiger partial charge is 0.465 e. The maximum atomic E-state index is 11.0. The van der Waals surface area contributed by atoms with Gasteiger partial charge in [-0.3, -0.25) is 0 Å². The SMILES string of the molecule is COC(=O)C1=C(N)CC(Br)S1. The number of carbonyl (C=O) groups is 1. The van der Waals surface area contributed by atoms with Gasteiger partial charge >= 0.3 is 5.97 Å². The first kappa shape index (κ1) is 8.93. The number of nitrogens with two attached hydrogens (primary N) is 1. The van der Waals surface area contributed by atoms with Crippen LogP contribution in [0.1, 0.15) is 6.42 Å². The Morgan fingerprint density at radius 3 is 2.91 bits per heavy atom. The summed E-state index contributed by atoms with van der Waals surface area (Å²) in [7, 11) is 1.35. The molecule has 0 aromatic heterocycles. The Hall–Kier alpha value is -0.160. The number of alkyl halides is 1. The lowest BCUT2D eigenvalue weighted by molar-refractivity contribution is -0.135. The topological polar surface area (TPSA) is 52.3 Å². The fraction of sp³-hybridized carbons (Fsp3) is 0.500. The van der Waals surface area contributed by atoms with Gasteiger partial charge in [0, 0.05) is 12.1 Å². The van der Waals surface area contributed by atoms with Crippen molar-refractivity contribution in [2.75, 3.05) is 7.11 Å². The molecule has 5 heteroatoms. The van der Waals surface area contributed by atoms with Crippen LogP contribution in [0, 0.1) is 0 Å². The highest BCUT2D eigenvalue weighted by molar-refractivity contribution is 9.11. The highest BCUT2D eigenvalue weighted by Crippen LogP contribution is 2.39. The third-order valence-corrected chi connectivity index (χ3v) is 3.26. The van der Waals surface area contributed by atoms with Gasteiger partial charge in [0.1, 0.15) is 4.91 Å². The summed E-state index contributed by atoms with van der Waals surface area (Å²) < 4.78 is 4.75. The van der Waals surface area contributed by atoms with Gasteiger partial charge in [-0.2, -0.15) is 0 Å². The smallest absolute Gasteiger partial charge is 0.346 e. The fourth-order valence-electron chi connectivity index (χ4n) is 0.783. The van der Waals surface area contributed by atoms with Crippen LogP contribution in [-0.2, 0) is 9.53 Å². The number of rotatable bonds is 1.